The fraction of sp³-hybridized carbons (Fsp3) is 0.929. The third kappa shape index (κ3) is 5.05. The van der Waals surface area contributed by atoms with Gasteiger partial charge in [-0.1, -0.05) is 24.6 Å². The Bertz CT molecular complexity index is 393. The van der Waals surface area contributed by atoms with Crippen LogP contribution < -0.4 is 5.32 Å². The molecule has 20 heavy (non-hydrogen) atoms. The number of nitrogens with one attached hydrogen (secondary N) is 1. The van der Waals surface area contributed by atoms with Crippen molar-refractivity contribution in [1.29, 1.82) is 0 Å². The minimum Gasteiger partial charge on any atom is -0.312 e. The molecule has 0 aliphatic heterocycles. The van der Waals surface area contributed by atoms with E-state index in [-0.39, 0.29) is 5.54 Å². The zero-order valence-corrected chi connectivity index (χ0v) is 13.7. The molecule has 1 aliphatic rings. The van der Waals surface area contributed by atoms with E-state index < -0.39 is 0 Å². The molecule has 0 radical (unpaired) electrons. The van der Waals surface area contributed by atoms with Gasteiger partial charge >= 0.3 is 0 Å². The molecule has 0 amide bonds. The van der Waals surface area contributed by atoms with Gasteiger partial charge in [0.05, 0.1) is 6.04 Å². The average Bonchev–Trinajstić information content (AvgIpc) is 3.02. The van der Waals surface area contributed by atoms with Crippen LogP contribution in [-0.4, -0.2) is 38.0 Å². The Balaban J connectivity index is 1.66. The highest BCUT2D eigenvalue weighted by atomic mass is 32.2. The molecule has 6 heteroatoms. The highest BCUT2D eigenvalue weighted by Crippen LogP contribution is 2.31. The molecule has 1 heterocycles. The topological polar surface area (TPSA) is 55.6 Å². The first-order chi connectivity index (χ1) is 9.56. The molecular weight excluding hydrogens is 270 g/mol. The first-order valence-electron chi connectivity index (χ1n) is 7.72. The second-order valence-electron chi connectivity index (χ2n) is 6.58. The van der Waals surface area contributed by atoms with E-state index in [9.17, 15) is 0 Å². The molecule has 1 aromatic rings. The van der Waals surface area contributed by atoms with E-state index in [1.165, 1.54) is 38.5 Å². The summed E-state index contributed by atoms with van der Waals surface area (Å²) in [5, 5.41) is 16.7. The Morgan fingerprint density at radius 1 is 1.25 bits per heavy atom. The molecule has 2 rings (SSSR count). The molecule has 0 bridgehead atoms. The van der Waals surface area contributed by atoms with Gasteiger partial charge in [0.15, 0.2) is 0 Å². The summed E-state index contributed by atoms with van der Waals surface area (Å²) in [4.78, 5) is 0. The summed E-state index contributed by atoms with van der Waals surface area (Å²) < 4.78 is 2.05. The number of aromatic nitrogens is 4. The van der Waals surface area contributed by atoms with Crippen LogP contribution in [0.15, 0.2) is 5.16 Å². The van der Waals surface area contributed by atoms with E-state index in [1.807, 2.05) is 4.68 Å². The van der Waals surface area contributed by atoms with Crippen molar-refractivity contribution in [3.63, 3.8) is 0 Å². The molecule has 0 aromatic carbocycles. The van der Waals surface area contributed by atoms with Crippen molar-refractivity contribution < 1.29 is 0 Å². The lowest BCUT2D eigenvalue weighted by atomic mass is 10.1. The van der Waals surface area contributed by atoms with Gasteiger partial charge < -0.3 is 5.32 Å². The van der Waals surface area contributed by atoms with Crippen LogP contribution >= 0.6 is 11.8 Å². The van der Waals surface area contributed by atoms with Gasteiger partial charge in [-0.15, -0.1) is 5.10 Å². The van der Waals surface area contributed by atoms with Gasteiger partial charge in [0.1, 0.15) is 0 Å². The minimum atomic E-state index is 0.222. The van der Waals surface area contributed by atoms with Gasteiger partial charge in [-0.3, -0.25) is 0 Å². The number of rotatable bonds is 7. The average molecular weight is 297 g/mol. The maximum absolute atomic E-state index is 4.17. The van der Waals surface area contributed by atoms with E-state index in [1.54, 1.807) is 11.8 Å². The van der Waals surface area contributed by atoms with Crippen LogP contribution in [0.4, 0.5) is 0 Å². The van der Waals surface area contributed by atoms with Gasteiger partial charge in [-0.25, -0.2) is 4.68 Å². The maximum Gasteiger partial charge on any atom is 0.209 e. The fourth-order valence-corrected chi connectivity index (χ4v) is 3.46. The van der Waals surface area contributed by atoms with Crippen molar-refractivity contribution in [2.75, 3.05) is 12.3 Å². The SMILES string of the molecule is CC(C)(C)NCCCCSc1nnnn1C1CCCC1. The second-order valence-corrected chi connectivity index (χ2v) is 7.64. The zero-order valence-electron chi connectivity index (χ0n) is 12.9. The summed E-state index contributed by atoms with van der Waals surface area (Å²) in [5.74, 6) is 1.10. The van der Waals surface area contributed by atoms with Crippen LogP contribution in [-0.2, 0) is 0 Å². The van der Waals surface area contributed by atoms with E-state index in [4.69, 9.17) is 0 Å². The van der Waals surface area contributed by atoms with Gasteiger partial charge in [0, 0.05) is 11.3 Å². The van der Waals surface area contributed by atoms with Crippen LogP contribution in [0.1, 0.15) is 65.3 Å². The van der Waals surface area contributed by atoms with Crippen LogP contribution in [0.2, 0.25) is 0 Å². The van der Waals surface area contributed by atoms with E-state index in [0.29, 0.717) is 6.04 Å². The molecule has 1 saturated carbocycles. The summed E-state index contributed by atoms with van der Waals surface area (Å²) >= 11 is 1.80. The Kier molecular flexibility index (Phi) is 5.84. The summed E-state index contributed by atoms with van der Waals surface area (Å²) in [7, 11) is 0. The molecule has 0 unspecified atom stereocenters. The van der Waals surface area contributed by atoms with E-state index in [2.05, 4.69) is 41.6 Å². The van der Waals surface area contributed by atoms with Crippen LogP contribution in [0, 0.1) is 0 Å². The van der Waals surface area contributed by atoms with Crippen molar-refractivity contribution in [1.82, 2.24) is 25.5 Å². The molecule has 1 aromatic heterocycles. The minimum absolute atomic E-state index is 0.222. The van der Waals surface area contributed by atoms with Crippen molar-refractivity contribution in [2.45, 2.75) is 76.0 Å². The lowest BCUT2D eigenvalue weighted by molar-refractivity contribution is 0.420. The molecule has 0 spiro atoms. The molecular formula is C14H27N5S. The van der Waals surface area contributed by atoms with Crippen LogP contribution in [0.5, 0.6) is 0 Å². The summed E-state index contributed by atoms with van der Waals surface area (Å²) in [6.45, 7) is 7.70. The number of tetrazole rings is 1. The van der Waals surface area contributed by atoms with Crippen LogP contribution in [0.3, 0.4) is 0 Å². The Hall–Kier alpha value is -0.620. The first kappa shape index (κ1) is 15.8. The third-order valence-electron chi connectivity index (χ3n) is 3.59. The van der Waals surface area contributed by atoms with Crippen molar-refractivity contribution >= 4 is 11.8 Å². The summed E-state index contributed by atoms with van der Waals surface area (Å²) in [6.07, 6.45) is 7.49. The quantitative estimate of drug-likeness (QED) is 0.619. The third-order valence-corrected chi connectivity index (χ3v) is 4.61. The Labute approximate surface area is 126 Å². The second kappa shape index (κ2) is 7.41. The number of hydrogen-bond acceptors (Lipinski definition) is 5. The van der Waals surface area contributed by atoms with Gasteiger partial charge in [0.25, 0.3) is 0 Å². The number of nitrogens with zero attached hydrogens (tertiary/aromatic N) is 4. The molecule has 0 saturated heterocycles. The normalized spacial score (nSPS) is 16.9. The lowest BCUT2D eigenvalue weighted by Crippen LogP contribution is -2.36. The molecule has 1 fully saturated rings. The molecule has 1 aliphatic carbocycles. The number of hydrogen-bond donors (Lipinski definition) is 1. The Morgan fingerprint density at radius 3 is 2.70 bits per heavy atom. The Morgan fingerprint density at radius 2 is 2.00 bits per heavy atom. The molecule has 114 valence electrons. The largest absolute Gasteiger partial charge is 0.312 e. The van der Waals surface area contributed by atoms with Crippen LogP contribution in [0.25, 0.3) is 0 Å². The van der Waals surface area contributed by atoms with Gasteiger partial charge in [-0.05, 0) is 63.4 Å². The maximum atomic E-state index is 4.17. The molecule has 1 N–H and O–H groups in total. The molecule has 5 nitrogen and oxygen atoms in total. The monoisotopic (exact) mass is 297 g/mol. The van der Waals surface area contributed by atoms with Crippen molar-refractivity contribution in [2.24, 2.45) is 0 Å². The van der Waals surface area contributed by atoms with Gasteiger partial charge in [-0.2, -0.15) is 0 Å². The summed E-state index contributed by atoms with van der Waals surface area (Å²) in [6, 6.07) is 0.537. The predicted octanol–water partition coefficient (Wildman–Crippen LogP) is 3.05. The standard InChI is InChI=1S/C14H27N5S/c1-14(2,3)15-10-6-7-11-20-13-16-17-18-19(13)12-8-4-5-9-12/h12,15H,4-11H2,1-3H3. The lowest BCUT2D eigenvalue weighted by Gasteiger charge is -2.20. The molecule has 0 atom stereocenters. The smallest absolute Gasteiger partial charge is 0.209 e. The number of thioether (sulfide) groups is 1. The van der Waals surface area contributed by atoms with E-state index in [0.717, 1.165) is 17.5 Å². The van der Waals surface area contributed by atoms with Crippen molar-refractivity contribution in [3.8, 4) is 0 Å². The van der Waals surface area contributed by atoms with E-state index >= 15 is 0 Å². The number of unbranched alkanes of at least 4 members (excludes halogenated alkanes) is 1. The zero-order chi connectivity index (χ0) is 14.4. The summed E-state index contributed by atoms with van der Waals surface area (Å²) in [5.41, 5.74) is 0.222. The van der Waals surface area contributed by atoms with Crippen molar-refractivity contribution in [3.05, 3.63) is 0 Å². The predicted molar refractivity (Wildman–Crippen MR) is 83.0 cm³/mol. The highest BCUT2D eigenvalue weighted by Gasteiger charge is 2.21. The van der Waals surface area contributed by atoms with Gasteiger partial charge in [0.2, 0.25) is 5.16 Å². The highest BCUT2D eigenvalue weighted by molar-refractivity contribution is 7.99. The fourth-order valence-electron chi connectivity index (χ4n) is 2.51. The first-order valence-corrected chi connectivity index (χ1v) is 8.70.